The monoisotopic (exact) mass is 265 g/mol. The SMILES string of the molecule is CCOC(=O)[C@@H](C)N(C)C(=O)c1cccc(OC)c1. The fourth-order valence-electron chi connectivity index (χ4n) is 1.56. The average molecular weight is 265 g/mol. The molecule has 5 heteroatoms. The minimum absolute atomic E-state index is 0.251. The van der Waals surface area contributed by atoms with E-state index in [0.717, 1.165) is 0 Å². The van der Waals surface area contributed by atoms with Gasteiger partial charge in [-0.15, -0.1) is 0 Å². The molecule has 0 aliphatic carbocycles. The van der Waals surface area contributed by atoms with Crippen molar-refractivity contribution in [1.82, 2.24) is 4.90 Å². The van der Waals surface area contributed by atoms with E-state index in [9.17, 15) is 9.59 Å². The number of hydrogen-bond donors (Lipinski definition) is 0. The van der Waals surface area contributed by atoms with Crippen LogP contribution >= 0.6 is 0 Å². The Kier molecular flexibility index (Phi) is 5.36. The van der Waals surface area contributed by atoms with Crippen molar-refractivity contribution in [2.24, 2.45) is 0 Å². The number of nitrogens with zero attached hydrogens (tertiary/aromatic N) is 1. The number of rotatable bonds is 5. The summed E-state index contributed by atoms with van der Waals surface area (Å²) in [6, 6.07) is 6.18. The number of esters is 1. The van der Waals surface area contributed by atoms with Gasteiger partial charge in [0.2, 0.25) is 0 Å². The maximum absolute atomic E-state index is 12.2. The molecule has 0 bridgehead atoms. The predicted molar refractivity (Wildman–Crippen MR) is 71.2 cm³/mol. The Balaban J connectivity index is 2.83. The summed E-state index contributed by atoms with van der Waals surface area (Å²) in [5, 5.41) is 0. The van der Waals surface area contributed by atoms with Crippen LogP contribution in [0.3, 0.4) is 0 Å². The van der Waals surface area contributed by atoms with Crippen molar-refractivity contribution < 1.29 is 19.1 Å². The molecule has 0 spiro atoms. The highest BCUT2D eigenvalue weighted by Gasteiger charge is 2.24. The highest BCUT2D eigenvalue weighted by molar-refractivity contribution is 5.96. The van der Waals surface area contributed by atoms with Crippen molar-refractivity contribution >= 4 is 11.9 Å². The molecular formula is C14H19NO4. The number of carbonyl (C=O) groups is 2. The summed E-state index contributed by atoms with van der Waals surface area (Å²) in [5.74, 6) is -0.0660. The lowest BCUT2D eigenvalue weighted by atomic mass is 10.1. The van der Waals surface area contributed by atoms with Gasteiger partial charge in [-0.2, -0.15) is 0 Å². The topological polar surface area (TPSA) is 55.8 Å². The second kappa shape index (κ2) is 6.78. The number of carbonyl (C=O) groups excluding carboxylic acids is 2. The summed E-state index contributed by atoms with van der Waals surface area (Å²) >= 11 is 0. The van der Waals surface area contributed by atoms with Crippen LogP contribution in [0.2, 0.25) is 0 Å². The molecule has 104 valence electrons. The molecule has 1 rings (SSSR count). The molecule has 1 aromatic rings. The highest BCUT2D eigenvalue weighted by atomic mass is 16.5. The minimum atomic E-state index is -0.626. The Morgan fingerprint density at radius 1 is 1.37 bits per heavy atom. The Hall–Kier alpha value is -2.04. The quantitative estimate of drug-likeness (QED) is 0.761. The lowest BCUT2D eigenvalue weighted by Gasteiger charge is -2.23. The fourth-order valence-corrected chi connectivity index (χ4v) is 1.56. The second-order valence-corrected chi connectivity index (χ2v) is 4.08. The molecule has 19 heavy (non-hydrogen) atoms. The van der Waals surface area contributed by atoms with E-state index in [0.29, 0.717) is 17.9 Å². The summed E-state index contributed by atoms with van der Waals surface area (Å²) in [4.78, 5) is 25.2. The van der Waals surface area contributed by atoms with Gasteiger partial charge in [-0.3, -0.25) is 4.79 Å². The molecule has 0 heterocycles. The first-order chi connectivity index (χ1) is 9.01. The Morgan fingerprint density at radius 3 is 2.63 bits per heavy atom. The van der Waals surface area contributed by atoms with Crippen LogP contribution in [0.5, 0.6) is 5.75 Å². The molecule has 0 N–H and O–H groups in total. The standard InChI is InChI=1S/C14H19NO4/c1-5-19-14(17)10(2)15(3)13(16)11-7-6-8-12(9-11)18-4/h6-10H,5H2,1-4H3/t10-/m1/s1. The second-order valence-electron chi connectivity index (χ2n) is 4.08. The summed E-state index contributed by atoms with van der Waals surface area (Å²) in [6.07, 6.45) is 0. The number of amides is 1. The van der Waals surface area contributed by atoms with Gasteiger partial charge in [0, 0.05) is 12.6 Å². The Morgan fingerprint density at radius 2 is 2.05 bits per heavy atom. The molecule has 1 atom stereocenters. The van der Waals surface area contributed by atoms with Crippen molar-refractivity contribution in [1.29, 1.82) is 0 Å². The van der Waals surface area contributed by atoms with Gasteiger partial charge in [0.25, 0.3) is 5.91 Å². The normalized spacial score (nSPS) is 11.6. The van der Waals surface area contributed by atoms with E-state index >= 15 is 0 Å². The van der Waals surface area contributed by atoms with Crippen LogP contribution in [0.4, 0.5) is 0 Å². The minimum Gasteiger partial charge on any atom is -0.497 e. The third-order valence-corrected chi connectivity index (χ3v) is 2.85. The number of likely N-dealkylation sites (N-methyl/N-ethyl adjacent to an activating group) is 1. The molecule has 0 saturated heterocycles. The third-order valence-electron chi connectivity index (χ3n) is 2.85. The van der Waals surface area contributed by atoms with E-state index in [2.05, 4.69) is 0 Å². The van der Waals surface area contributed by atoms with Crippen molar-refractivity contribution in [3.63, 3.8) is 0 Å². The maximum atomic E-state index is 12.2. The van der Waals surface area contributed by atoms with Crippen LogP contribution in [-0.4, -0.2) is 43.6 Å². The maximum Gasteiger partial charge on any atom is 0.328 e. The fraction of sp³-hybridized carbons (Fsp3) is 0.429. The van der Waals surface area contributed by atoms with E-state index in [-0.39, 0.29) is 5.91 Å². The first kappa shape index (κ1) is 15.0. The molecule has 5 nitrogen and oxygen atoms in total. The Bertz CT molecular complexity index is 459. The molecular weight excluding hydrogens is 246 g/mol. The zero-order valence-corrected chi connectivity index (χ0v) is 11.7. The van der Waals surface area contributed by atoms with Gasteiger partial charge < -0.3 is 14.4 Å². The lowest BCUT2D eigenvalue weighted by Crippen LogP contribution is -2.41. The number of methoxy groups -OCH3 is 1. The van der Waals surface area contributed by atoms with Crippen LogP contribution in [0, 0.1) is 0 Å². The number of hydrogen-bond acceptors (Lipinski definition) is 4. The average Bonchev–Trinajstić information content (AvgIpc) is 2.45. The first-order valence-corrected chi connectivity index (χ1v) is 6.09. The predicted octanol–water partition coefficient (Wildman–Crippen LogP) is 1.72. The number of benzene rings is 1. The largest absolute Gasteiger partial charge is 0.497 e. The lowest BCUT2D eigenvalue weighted by molar-refractivity contribution is -0.147. The van der Waals surface area contributed by atoms with E-state index in [1.165, 1.54) is 12.0 Å². The summed E-state index contributed by atoms with van der Waals surface area (Å²) in [5.41, 5.74) is 0.470. The van der Waals surface area contributed by atoms with Crippen LogP contribution < -0.4 is 4.74 Å². The summed E-state index contributed by atoms with van der Waals surface area (Å²) in [6.45, 7) is 3.66. The first-order valence-electron chi connectivity index (χ1n) is 6.09. The van der Waals surface area contributed by atoms with Crippen molar-refractivity contribution in [3.8, 4) is 5.75 Å². The van der Waals surface area contributed by atoms with Gasteiger partial charge in [-0.25, -0.2) is 4.79 Å². The Labute approximate surface area is 113 Å². The van der Waals surface area contributed by atoms with E-state index in [4.69, 9.17) is 9.47 Å². The summed E-state index contributed by atoms with van der Waals surface area (Å²) in [7, 11) is 3.11. The molecule has 0 radical (unpaired) electrons. The number of ether oxygens (including phenoxy) is 2. The smallest absolute Gasteiger partial charge is 0.328 e. The molecule has 0 aromatic heterocycles. The molecule has 0 aliphatic rings. The molecule has 0 unspecified atom stereocenters. The highest BCUT2D eigenvalue weighted by Crippen LogP contribution is 2.15. The van der Waals surface area contributed by atoms with Crippen molar-refractivity contribution in [2.45, 2.75) is 19.9 Å². The third kappa shape index (κ3) is 3.71. The van der Waals surface area contributed by atoms with Crippen molar-refractivity contribution in [2.75, 3.05) is 20.8 Å². The molecule has 1 amide bonds. The zero-order chi connectivity index (χ0) is 14.4. The van der Waals surface area contributed by atoms with Gasteiger partial charge in [0.1, 0.15) is 11.8 Å². The molecule has 0 fully saturated rings. The summed E-state index contributed by atoms with van der Waals surface area (Å²) < 4.78 is 9.97. The zero-order valence-electron chi connectivity index (χ0n) is 11.7. The van der Waals surface area contributed by atoms with Gasteiger partial charge >= 0.3 is 5.97 Å². The van der Waals surface area contributed by atoms with Crippen LogP contribution in [0.1, 0.15) is 24.2 Å². The van der Waals surface area contributed by atoms with Gasteiger partial charge in [-0.1, -0.05) is 6.07 Å². The van der Waals surface area contributed by atoms with Gasteiger partial charge in [-0.05, 0) is 32.0 Å². The molecule has 1 aromatic carbocycles. The van der Waals surface area contributed by atoms with Gasteiger partial charge in [0.05, 0.1) is 13.7 Å². The van der Waals surface area contributed by atoms with E-state index in [1.54, 1.807) is 45.2 Å². The van der Waals surface area contributed by atoms with Crippen molar-refractivity contribution in [3.05, 3.63) is 29.8 Å². The van der Waals surface area contributed by atoms with E-state index < -0.39 is 12.0 Å². The van der Waals surface area contributed by atoms with Crippen LogP contribution in [0.15, 0.2) is 24.3 Å². The van der Waals surface area contributed by atoms with Crippen LogP contribution in [-0.2, 0) is 9.53 Å². The van der Waals surface area contributed by atoms with Gasteiger partial charge in [0.15, 0.2) is 0 Å². The molecule has 0 saturated carbocycles. The molecule has 0 aliphatic heterocycles. The van der Waals surface area contributed by atoms with Crippen LogP contribution in [0.25, 0.3) is 0 Å². The van der Waals surface area contributed by atoms with E-state index in [1.807, 2.05) is 0 Å².